The molecule has 1 unspecified atom stereocenters. The molecule has 186 valence electrons. The molecule has 1 aliphatic heterocycles. The van der Waals surface area contributed by atoms with Gasteiger partial charge in [-0.2, -0.15) is 0 Å². The Kier molecular flexibility index (Phi) is 7.57. The van der Waals surface area contributed by atoms with Crippen LogP contribution < -0.4 is 28.6 Å². The predicted octanol–water partition coefficient (Wildman–Crippen LogP) is 3.21. The summed E-state index contributed by atoms with van der Waals surface area (Å²) in [6, 6.07) is 15.7. The van der Waals surface area contributed by atoms with Gasteiger partial charge in [0.25, 0.3) is 0 Å². The molecule has 1 aliphatic rings. The summed E-state index contributed by atoms with van der Waals surface area (Å²) in [5.41, 5.74) is 1.19. The Morgan fingerprint density at radius 1 is 1.03 bits per heavy atom. The Bertz CT molecular complexity index is 1340. The SMILES string of the molecule is COc1cc(-c2cccc([AsH2])c2)c(S(=O)(=O)Nc2ccc(Cl)c(O[C@]3(C)CCNC3)c2)cc1OC. The van der Waals surface area contributed by atoms with Crippen LogP contribution in [0.1, 0.15) is 13.3 Å². The maximum absolute atomic E-state index is 13.7. The van der Waals surface area contributed by atoms with E-state index in [2.05, 4.69) is 10.0 Å². The number of halogens is 1. The molecular formula is C25H28AsClN2O5S. The van der Waals surface area contributed by atoms with Crippen LogP contribution in [0, 0.1) is 0 Å². The van der Waals surface area contributed by atoms with Crippen LogP contribution in [-0.4, -0.2) is 58.2 Å². The molecule has 35 heavy (non-hydrogen) atoms. The molecule has 10 heteroatoms. The van der Waals surface area contributed by atoms with Gasteiger partial charge in [-0.25, -0.2) is 0 Å². The average molecular weight is 579 g/mol. The van der Waals surface area contributed by atoms with E-state index in [-0.39, 0.29) is 4.90 Å². The van der Waals surface area contributed by atoms with E-state index in [1.807, 2.05) is 31.2 Å². The van der Waals surface area contributed by atoms with Crippen LogP contribution in [0.15, 0.2) is 59.5 Å². The Morgan fingerprint density at radius 3 is 2.43 bits per heavy atom. The van der Waals surface area contributed by atoms with Crippen LogP contribution >= 0.6 is 11.6 Å². The number of nitrogens with one attached hydrogen (secondary N) is 2. The van der Waals surface area contributed by atoms with Gasteiger partial charge in [0.2, 0.25) is 0 Å². The third kappa shape index (κ3) is 5.72. The van der Waals surface area contributed by atoms with Crippen molar-refractivity contribution in [3.63, 3.8) is 0 Å². The summed E-state index contributed by atoms with van der Waals surface area (Å²) in [4.78, 5) is 0.0672. The topological polar surface area (TPSA) is 85.9 Å². The molecule has 0 radical (unpaired) electrons. The molecule has 1 saturated heterocycles. The van der Waals surface area contributed by atoms with Crippen molar-refractivity contribution in [2.24, 2.45) is 0 Å². The van der Waals surface area contributed by atoms with Crippen molar-refractivity contribution in [3.05, 3.63) is 59.6 Å². The first-order valence-corrected chi connectivity index (χ1v) is 14.1. The number of hydrogen-bond donors (Lipinski definition) is 2. The van der Waals surface area contributed by atoms with E-state index < -0.39 is 15.6 Å². The zero-order valence-corrected chi connectivity index (χ0v) is 23.7. The number of methoxy groups -OCH3 is 2. The molecule has 1 heterocycles. The monoisotopic (exact) mass is 578 g/mol. The Balaban J connectivity index is 1.75. The molecule has 3 aromatic rings. The van der Waals surface area contributed by atoms with Crippen LogP contribution in [0.3, 0.4) is 0 Å². The van der Waals surface area contributed by atoms with E-state index in [4.69, 9.17) is 25.8 Å². The fraction of sp³-hybridized carbons (Fsp3) is 0.280. The third-order valence-corrected chi connectivity index (χ3v) is 8.33. The van der Waals surface area contributed by atoms with Gasteiger partial charge >= 0.3 is 189 Å². The summed E-state index contributed by atoms with van der Waals surface area (Å²) in [5, 5.41) is 3.68. The summed E-state index contributed by atoms with van der Waals surface area (Å²) >= 11 is 7.82. The van der Waals surface area contributed by atoms with E-state index in [9.17, 15) is 8.42 Å². The number of rotatable bonds is 8. The number of sulfonamides is 1. The van der Waals surface area contributed by atoms with Crippen molar-refractivity contribution in [2.45, 2.75) is 23.8 Å². The molecule has 2 atom stereocenters. The molecule has 0 aliphatic carbocycles. The second-order valence-electron chi connectivity index (χ2n) is 8.56. The summed E-state index contributed by atoms with van der Waals surface area (Å²) in [6.45, 7) is 3.54. The molecule has 0 aromatic heterocycles. The van der Waals surface area contributed by atoms with Crippen molar-refractivity contribution < 1.29 is 22.6 Å². The fourth-order valence-corrected chi connectivity index (χ4v) is 6.06. The summed E-state index contributed by atoms with van der Waals surface area (Å²) < 4.78 is 48.1. The number of anilines is 1. The first kappa shape index (κ1) is 25.7. The molecule has 4 rings (SSSR count). The normalized spacial score (nSPS) is 17.7. The molecule has 0 saturated carbocycles. The summed E-state index contributed by atoms with van der Waals surface area (Å²) in [6.07, 6.45) is 0.825. The fourth-order valence-electron chi connectivity index (χ4n) is 4.02. The minimum absolute atomic E-state index is 0.0672. The van der Waals surface area contributed by atoms with Crippen molar-refractivity contribution in [3.8, 4) is 28.4 Å². The number of benzene rings is 3. The quantitative estimate of drug-likeness (QED) is 0.400. The maximum atomic E-state index is 13.7. The van der Waals surface area contributed by atoms with Gasteiger partial charge in [-0.1, -0.05) is 0 Å². The van der Waals surface area contributed by atoms with E-state index in [1.165, 1.54) is 37.1 Å². The predicted molar refractivity (Wildman–Crippen MR) is 142 cm³/mol. The summed E-state index contributed by atoms with van der Waals surface area (Å²) in [5.74, 6) is 1.18. The Hall–Kier alpha value is -2.38. The van der Waals surface area contributed by atoms with Crippen LogP contribution in [0.25, 0.3) is 11.1 Å². The molecule has 3 aromatic carbocycles. The van der Waals surface area contributed by atoms with E-state index >= 15 is 0 Å². The Labute approximate surface area is 219 Å². The zero-order chi connectivity index (χ0) is 25.2. The van der Waals surface area contributed by atoms with Crippen LogP contribution in [0.2, 0.25) is 5.02 Å². The van der Waals surface area contributed by atoms with Crippen molar-refractivity contribution in [1.82, 2.24) is 5.32 Å². The van der Waals surface area contributed by atoms with Gasteiger partial charge in [0.05, 0.1) is 0 Å². The molecule has 1 fully saturated rings. The van der Waals surface area contributed by atoms with Crippen LogP contribution in [0.5, 0.6) is 17.2 Å². The van der Waals surface area contributed by atoms with Gasteiger partial charge in [0.1, 0.15) is 0 Å². The minimum atomic E-state index is -4.03. The molecule has 7 nitrogen and oxygen atoms in total. The van der Waals surface area contributed by atoms with Gasteiger partial charge in [-0.05, 0) is 13.5 Å². The second-order valence-corrected chi connectivity index (χ2v) is 12.0. The number of ether oxygens (including phenoxy) is 3. The van der Waals surface area contributed by atoms with E-state index in [0.717, 1.165) is 22.9 Å². The van der Waals surface area contributed by atoms with Crippen molar-refractivity contribution in [2.75, 3.05) is 32.0 Å². The Morgan fingerprint density at radius 2 is 1.77 bits per heavy atom. The van der Waals surface area contributed by atoms with Gasteiger partial charge in [0.15, 0.2) is 0 Å². The van der Waals surface area contributed by atoms with Crippen LogP contribution in [-0.2, 0) is 10.0 Å². The molecule has 0 bridgehead atoms. The zero-order valence-electron chi connectivity index (χ0n) is 19.7. The van der Waals surface area contributed by atoms with Gasteiger partial charge in [0, 0.05) is 13.0 Å². The third-order valence-electron chi connectivity index (χ3n) is 5.84. The average Bonchev–Trinajstić information content (AvgIpc) is 3.26. The van der Waals surface area contributed by atoms with Crippen LogP contribution in [0.4, 0.5) is 5.69 Å². The van der Waals surface area contributed by atoms with Gasteiger partial charge in [-0.15, -0.1) is 0 Å². The molecule has 0 amide bonds. The summed E-state index contributed by atoms with van der Waals surface area (Å²) in [7, 11) is -1.04. The second kappa shape index (κ2) is 10.3. The molecule has 2 N–H and O–H groups in total. The molecule has 0 spiro atoms. The number of hydrogen-bond acceptors (Lipinski definition) is 6. The van der Waals surface area contributed by atoms with Crippen molar-refractivity contribution in [1.29, 1.82) is 0 Å². The standard InChI is InChI=1S/C25H28AsClN2O5S/c1-25(9-10-28-15-25)34-21-12-18(7-8-20(21)27)29-35(30,31)24-14-23(33-3)22(32-2)13-19(24)16-5-4-6-17(26)11-16/h4-8,11-14,28-29H,9-10,15,26H2,1-3H3/t25-/m1/s1. The van der Waals surface area contributed by atoms with Gasteiger partial charge < -0.3 is 5.32 Å². The molecular weight excluding hydrogens is 551 g/mol. The van der Waals surface area contributed by atoms with E-state index in [0.29, 0.717) is 40.1 Å². The van der Waals surface area contributed by atoms with E-state index in [1.54, 1.807) is 24.3 Å². The van der Waals surface area contributed by atoms with Crippen molar-refractivity contribution >= 4 is 48.5 Å². The first-order valence-electron chi connectivity index (χ1n) is 11.0. The first-order chi connectivity index (χ1) is 16.6. The van der Waals surface area contributed by atoms with Gasteiger partial charge in [-0.3, -0.25) is 0 Å².